The molecule has 8 heteroatoms. The van der Waals surface area contributed by atoms with Gasteiger partial charge in [0, 0.05) is 6.20 Å². The minimum Gasteiger partial charge on any atom is -0.462 e. The van der Waals surface area contributed by atoms with Crippen LogP contribution in [0.4, 0.5) is 5.13 Å². The molecule has 3 heterocycles. The molecule has 0 aliphatic heterocycles. The Bertz CT molecular complexity index is 990. The maximum Gasteiger partial charge on any atom is 0.350 e. The third kappa shape index (κ3) is 3.45. The third-order valence-corrected chi connectivity index (χ3v) is 5.03. The Balaban J connectivity index is 1.78. The standard InChI is InChI=1S/C18H20N4O3S/c1-5-25-17(24)15-12(4)20-18(26-15)21-14(23)9-13-11(3)19-16-10(2)7-6-8-22(13)16/h6-8H,5,9H2,1-4H3,(H,20,21,23). The molecule has 26 heavy (non-hydrogen) atoms. The topological polar surface area (TPSA) is 85.6 Å². The van der Waals surface area contributed by atoms with E-state index >= 15 is 0 Å². The van der Waals surface area contributed by atoms with Gasteiger partial charge in [0.2, 0.25) is 5.91 Å². The van der Waals surface area contributed by atoms with Gasteiger partial charge in [-0.1, -0.05) is 17.4 Å². The van der Waals surface area contributed by atoms with E-state index in [4.69, 9.17) is 4.74 Å². The third-order valence-electron chi connectivity index (χ3n) is 3.98. The van der Waals surface area contributed by atoms with Gasteiger partial charge in [-0.2, -0.15) is 0 Å². The van der Waals surface area contributed by atoms with Crippen molar-refractivity contribution in [3.05, 3.63) is 45.9 Å². The zero-order valence-corrected chi connectivity index (χ0v) is 15.9. The first-order chi connectivity index (χ1) is 12.4. The number of aryl methyl sites for hydroxylation is 3. The number of thiazole rings is 1. The van der Waals surface area contributed by atoms with Crippen molar-refractivity contribution in [3.8, 4) is 0 Å². The summed E-state index contributed by atoms with van der Waals surface area (Å²) >= 11 is 1.12. The van der Waals surface area contributed by atoms with Crippen molar-refractivity contribution in [2.75, 3.05) is 11.9 Å². The van der Waals surface area contributed by atoms with Crippen LogP contribution in [0.3, 0.4) is 0 Å². The molecular formula is C18H20N4O3S. The average molecular weight is 372 g/mol. The number of imidazole rings is 1. The van der Waals surface area contributed by atoms with E-state index in [1.165, 1.54) is 0 Å². The smallest absolute Gasteiger partial charge is 0.350 e. The van der Waals surface area contributed by atoms with Crippen LogP contribution in [0, 0.1) is 20.8 Å². The highest BCUT2D eigenvalue weighted by Crippen LogP contribution is 2.24. The zero-order chi connectivity index (χ0) is 18.8. The molecule has 136 valence electrons. The molecule has 0 radical (unpaired) electrons. The number of hydrogen-bond donors (Lipinski definition) is 1. The van der Waals surface area contributed by atoms with E-state index < -0.39 is 5.97 Å². The highest BCUT2D eigenvalue weighted by Gasteiger charge is 2.19. The molecule has 3 aromatic rings. The van der Waals surface area contributed by atoms with Crippen molar-refractivity contribution in [2.24, 2.45) is 0 Å². The molecule has 0 spiro atoms. The van der Waals surface area contributed by atoms with Crippen LogP contribution < -0.4 is 5.32 Å². The molecule has 0 saturated heterocycles. The summed E-state index contributed by atoms with van der Waals surface area (Å²) in [7, 11) is 0. The number of anilines is 1. The van der Waals surface area contributed by atoms with Crippen LogP contribution in [0.2, 0.25) is 0 Å². The molecule has 0 saturated carbocycles. The van der Waals surface area contributed by atoms with Gasteiger partial charge in [0.25, 0.3) is 0 Å². The summed E-state index contributed by atoms with van der Waals surface area (Å²) in [5.41, 5.74) is 4.10. The van der Waals surface area contributed by atoms with E-state index in [0.29, 0.717) is 22.3 Å². The van der Waals surface area contributed by atoms with E-state index in [9.17, 15) is 9.59 Å². The first kappa shape index (κ1) is 18.1. The largest absolute Gasteiger partial charge is 0.462 e. The summed E-state index contributed by atoms with van der Waals surface area (Å²) in [6, 6.07) is 3.92. The molecule has 0 aliphatic rings. The van der Waals surface area contributed by atoms with Crippen LogP contribution in [0.5, 0.6) is 0 Å². The van der Waals surface area contributed by atoms with Gasteiger partial charge in [0.05, 0.1) is 30.1 Å². The van der Waals surface area contributed by atoms with Crippen LogP contribution >= 0.6 is 11.3 Å². The number of nitrogens with one attached hydrogen (secondary N) is 1. The van der Waals surface area contributed by atoms with E-state index in [1.54, 1.807) is 13.8 Å². The molecule has 0 bridgehead atoms. The molecule has 1 amide bonds. The molecule has 0 fully saturated rings. The van der Waals surface area contributed by atoms with Gasteiger partial charge in [-0.3, -0.25) is 4.79 Å². The lowest BCUT2D eigenvalue weighted by atomic mass is 10.2. The lowest BCUT2D eigenvalue weighted by Crippen LogP contribution is -2.16. The minimum atomic E-state index is -0.420. The Kier molecular flexibility index (Phi) is 5.03. The molecule has 0 aliphatic carbocycles. The van der Waals surface area contributed by atoms with Gasteiger partial charge in [0.1, 0.15) is 10.5 Å². The Labute approximate surface area is 155 Å². The number of rotatable bonds is 5. The SMILES string of the molecule is CCOC(=O)c1sc(NC(=O)Cc2c(C)nc3c(C)cccn23)nc1C. The fourth-order valence-corrected chi connectivity index (χ4v) is 3.61. The Morgan fingerprint density at radius 2 is 2.00 bits per heavy atom. The number of pyridine rings is 1. The van der Waals surface area contributed by atoms with E-state index in [0.717, 1.165) is 33.9 Å². The zero-order valence-electron chi connectivity index (χ0n) is 15.1. The second-order valence-electron chi connectivity index (χ2n) is 5.91. The van der Waals surface area contributed by atoms with E-state index in [1.807, 2.05) is 36.6 Å². The molecule has 3 aromatic heterocycles. The van der Waals surface area contributed by atoms with Crippen molar-refractivity contribution in [1.82, 2.24) is 14.4 Å². The summed E-state index contributed by atoms with van der Waals surface area (Å²) < 4.78 is 6.93. The number of aromatic nitrogens is 3. The monoisotopic (exact) mass is 372 g/mol. The van der Waals surface area contributed by atoms with Gasteiger partial charge in [-0.25, -0.2) is 14.8 Å². The Hall–Kier alpha value is -2.74. The van der Waals surface area contributed by atoms with Crippen LogP contribution in [0.25, 0.3) is 5.65 Å². The number of ether oxygens (including phenoxy) is 1. The van der Waals surface area contributed by atoms with Gasteiger partial charge in [-0.05, 0) is 39.3 Å². The van der Waals surface area contributed by atoms with Crippen molar-refractivity contribution in [3.63, 3.8) is 0 Å². The average Bonchev–Trinajstić information content (AvgIpc) is 3.09. The normalized spacial score (nSPS) is 10.9. The Morgan fingerprint density at radius 3 is 2.73 bits per heavy atom. The minimum absolute atomic E-state index is 0.170. The summed E-state index contributed by atoms with van der Waals surface area (Å²) in [5.74, 6) is -0.628. The molecule has 0 aromatic carbocycles. The lowest BCUT2D eigenvalue weighted by Gasteiger charge is -2.04. The van der Waals surface area contributed by atoms with Crippen LogP contribution in [-0.4, -0.2) is 32.9 Å². The van der Waals surface area contributed by atoms with Gasteiger partial charge in [-0.15, -0.1) is 0 Å². The number of fused-ring (bicyclic) bond motifs is 1. The number of nitrogens with zero attached hydrogens (tertiary/aromatic N) is 3. The van der Waals surface area contributed by atoms with Crippen molar-refractivity contribution >= 4 is 34.0 Å². The summed E-state index contributed by atoms with van der Waals surface area (Å²) in [5, 5.41) is 3.15. The highest BCUT2D eigenvalue weighted by molar-refractivity contribution is 7.17. The molecule has 3 rings (SSSR count). The first-order valence-electron chi connectivity index (χ1n) is 8.28. The predicted octanol–water partition coefficient (Wildman–Crippen LogP) is 3.07. The molecule has 0 atom stereocenters. The summed E-state index contributed by atoms with van der Waals surface area (Å²) in [6.45, 7) is 7.64. The summed E-state index contributed by atoms with van der Waals surface area (Å²) in [6.07, 6.45) is 2.07. The number of carbonyl (C=O) groups excluding carboxylic acids is 2. The quantitative estimate of drug-likeness (QED) is 0.696. The number of carbonyl (C=O) groups is 2. The number of esters is 1. The fraction of sp³-hybridized carbons (Fsp3) is 0.333. The van der Waals surface area contributed by atoms with Crippen molar-refractivity contribution < 1.29 is 14.3 Å². The molecule has 0 unspecified atom stereocenters. The first-order valence-corrected chi connectivity index (χ1v) is 9.10. The second-order valence-corrected chi connectivity index (χ2v) is 6.91. The van der Waals surface area contributed by atoms with Crippen LogP contribution in [0.15, 0.2) is 18.3 Å². The molecule has 7 nitrogen and oxygen atoms in total. The molecule has 1 N–H and O–H groups in total. The lowest BCUT2D eigenvalue weighted by molar-refractivity contribution is -0.115. The van der Waals surface area contributed by atoms with E-state index in [-0.39, 0.29) is 12.3 Å². The second kappa shape index (κ2) is 7.25. The predicted molar refractivity (Wildman–Crippen MR) is 99.8 cm³/mol. The van der Waals surface area contributed by atoms with Gasteiger partial charge in [0.15, 0.2) is 5.13 Å². The van der Waals surface area contributed by atoms with Crippen molar-refractivity contribution in [2.45, 2.75) is 34.1 Å². The number of amides is 1. The highest BCUT2D eigenvalue weighted by atomic mass is 32.1. The van der Waals surface area contributed by atoms with Crippen LogP contribution in [0.1, 0.15) is 39.2 Å². The fourth-order valence-electron chi connectivity index (χ4n) is 2.73. The number of hydrogen-bond acceptors (Lipinski definition) is 6. The van der Waals surface area contributed by atoms with Crippen LogP contribution in [-0.2, 0) is 16.0 Å². The van der Waals surface area contributed by atoms with Gasteiger partial charge >= 0.3 is 5.97 Å². The maximum absolute atomic E-state index is 12.5. The summed E-state index contributed by atoms with van der Waals surface area (Å²) in [4.78, 5) is 33.5. The maximum atomic E-state index is 12.5. The van der Waals surface area contributed by atoms with Gasteiger partial charge < -0.3 is 14.5 Å². The Morgan fingerprint density at radius 1 is 1.23 bits per heavy atom. The van der Waals surface area contributed by atoms with E-state index in [2.05, 4.69) is 15.3 Å². The van der Waals surface area contributed by atoms with Crippen molar-refractivity contribution in [1.29, 1.82) is 0 Å². The molecular weight excluding hydrogens is 352 g/mol.